The number of nitrogens with one attached hydrogen (secondary N) is 2. The van der Waals surface area contributed by atoms with Gasteiger partial charge in [0.2, 0.25) is 0 Å². The summed E-state index contributed by atoms with van der Waals surface area (Å²) in [7, 11) is 1.61. The van der Waals surface area contributed by atoms with Gasteiger partial charge in [0.05, 0.1) is 24.7 Å². The molecule has 2 aromatic carbocycles. The van der Waals surface area contributed by atoms with Gasteiger partial charge in [-0.05, 0) is 50.6 Å². The van der Waals surface area contributed by atoms with E-state index in [2.05, 4.69) is 31.2 Å². The van der Waals surface area contributed by atoms with E-state index < -0.39 is 0 Å². The highest BCUT2D eigenvalue weighted by Crippen LogP contribution is 2.23. The Morgan fingerprint density at radius 3 is 2.83 bits per heavy atom. The van der Waals surface area contributed by atoms with E-state index in [0.29, 0.717) is 12.3 Å². The van der Waals surface area contributed by atoms with Gasteiger partial charge < -0.3 is 25.0 Å². The molecule has 7 nitrogen and oxygen atoms in total. The topological polar surface area (TPSA) is 83.7 Å². The molecular formula is C22H29N5O2. The number of methoxy groups -OCH3 is 1. The van der Waals surface area contributed by atoms with Crippen LogP contribution in [0.2, 0.25) is 0 Å². The van der Waals surface area contributed by atoms with E-state index in [9.17, 15) is 5.11 Å². The van der Waals surface area contributed by atoms with Gasteiger partial charge in [0.15, 0.2) is 5.96 Å². The molecule has 0 saturated heterocycles. The minimum atomic E-state index is 0.216. The molecule has 154 valence electrons. The van der Waals surface area contributed by atoms with Crippen molar-refractivity contribution >= 4 is 17.0 Å². The van der Waals surface area contributed by atoms with Gasteiger partial charge in [-0.1, -0.05) is 12.1 Å². The summed E-state index contributed by atoms with van der Waals surface area (Å²) in [5.41, 5.74) is 2.92. The fraction of sp³-hybridized carbons (Fsp3) is 0.364. The van der Waals surface area contributed by atoms with E-state index in [4.69, 9.17) is 4.74 Å². The minimum absolute atomic E-state index is 0.216. The van der Waals surface area contributed by atoms with Crippen molar-refractivity contribution in [2.75, 3.05) is 20.2 Å². The summed E-state index contributed by atoms with van der Waals surface area (Å²) in [6.07, 6.45) is 0.940. The van der Waals surface area contributed by atoms with E-state index in [1.807, 2.05) is 32.0 Å². The lowest BCUT2D eigenvalue weighted by molar-refractivity contribution is 0.411. The summed E-state index contributed by atoms with van der Waals surface area (Å²) in [5.74, 6) is 2.67. The Morgan fingerprint density at radius 1 is 1.21 bits per heavy atom. The van der Waals surface area contributed by atoms with Crippen molar-refractivity contribution < 1.29 is 9.84 Å². The van der Waals surface area contributed by atoms with Gasteiger partial charge in [0.25, 0.3) is 0 Å². The van der Waals surface area contributed by atoms with Crippen LogP contribution >= 0.6 is 0 Å². The number of imidazole rings is 1. The molecule has 3 rings (SSSR count). The summed E-state index contributed by atoms with van der Waals surface area (Å²) in [6.45, 7) is 6.86. The summed E-state index contributed by atoms with van der Waals surface area (Å²) in [6, 6.07) is 13.4. The minimum Gasteiger partial charge on any atom is -0.508 e. The Morgan fingerprint density at radius 2 is 2.03 bits per heavy atom. The maximum Gasteiger partial charge on any atom is 0.191 e. The van der Waals surface area contributed by atoms with Gasteiger partial charge >= 0.3 is 0 Å². The molecule has 7 heteroatoms. The highest BCUT2D eigenvalue weighted by Gasteiger charge is 2.07. The predicted molar refractivity (Wildman–Crippen MR) is 117 cm³/mol. The number of aliphatic imine (C=N–C) groups is 1. The van der Waals surface area contributed by atoms with Crippen LogP contribution < -0.4 is 15.4 Å². The fourth-order valence-electron chi connectivity index (χ4n) is 3.24. The summed E-state index contributed by atoms with van der Waals surface area (Å²) < 4.78 is 7.47. The average Bonchev–Trinajstić information content (AvgIpc) is 3.05. The standard InChI is InChI=1S/C22H29N5O2/c1-4-23-22(25-15-17-14-18(29-3)10-11-21(17)28)24-12-7-13-27-16(2)26-19-8-5-6-9-20(19)27/h5-6,8-11,14,28H,4,7,12-13,15H2,1-3H3,(H2,23,24,25). The Balaban J connectivity index is 1.58. The third kappa shape index (κ3) is 5.19. The summed E-state index contributed by atoms with van der Waals surface area (Å²) in [5, 5.41) is 16.6. The van der Waals surface area contributed by atoms with Crippen molar-refractivity contribution in [2.45, 2.75) is 33.4 Å². The quantitative estimate of drug-likeness (QED) is 0.310. The molecule has 0 fully saturated rings. The zero-order valence-electron chi connectivity index (χ0n) is 17.3. The largest absolute Gasteiger partial charge is 0.508 e. The van der Waals surface area contributed by atoms with E-state index >= 15 is 0 Å². The van der Waals surface area contributed by atoms with Crippen LogP contribution in [0.4, 0.5) is 0 Å². The first-order chi connectivity index (χ1) is 14.1. The number of rotatable bonds is 8. The lowest BCUT2D eigenvalue weighted by atomic mass is 10.2. The van der Waals surface area contributed by atoms with Crippen LogP contribution in [0.3, 0.4) is 0 Å². The number of hydrogen-bond donors (Lipinski definition) is 3. The van der Waals surface area contributed by atoms with Crippen molar-refractivity contribution in [3.63, 3.8) is 0 Å². The second-order valence-corrected chi connectivity index (χ2v) is 6.77. The second kappa shape index (κ2) is 9.82. The molecule has 1 heterocycles. The van der Waals surface area contributed by atoms with Gasteiger partial charge in [-0.3, -0.25) is 0 Å². The summed E-state index contributed by atoms with van der Waals surface area (Å²) in [4.78, 5) is 9.20. The summed E-state index contributed by atoms with van der Waals surface area (Å²) >= 11 is 0. The van der Waals surface area contributed by atoms with Crippen LogP contribution in [0.25, 0.3) is 11.0 Å². The lowest BCUT2D eigenvalue weighted by Crippen LogP contribution is -2.38. The van der Waals surface area contributed by atoms with Crippen LogP contribution in [0.15, 0.2) is 47.5 Å². The third-order valence-electron chi connectivity index (χ3n) is 4.73. The number of phenols is 1. The molecule has 0 aliphatic carbocycles. The van der Waals surface area contributed by atoms with Crippen LogP contribution in [-0.2, 0) is 13.1 Å². The fourth-order valence-corrected chi connectivity index (χ4v) is 3.24. The SMILES string of the molecule is CCNC(=NCc1cc(OC)ccc1O)NCCCn1c(C)nc2ccccc21. The molecular weight excluding hydrogens is 366 g/mol. The molecule has 3 N–H and O–H groups in total. The molecule has 0 bridgehead atoms. The van der Waals surface area contributed by atoms with Crippen LogP contribution in [0.1, 0.15) is 24.7 Å². The first-order valence-electron chi connectivity index (χ1n) is 9.92. The number of nitrogens with zero attached hydrogens (tertiary/aromatic N) is 3. The normalized spacial score (nSPS) is 11.6. The maximum atomic E-state index is 10.0. The third-order valence-corrected chi connectivity index (χ3v) is 4.73. The zero-order chi connectivity index (χ0) is 20.6. The van der Waals surface area contributed by atoms with Crippen molar-refractivity contribution in [1.29, 1.82) is 0 Å². The highest BCUT2D eigenvalue weighted by molar-refractivity contribution is 5.79. The van der Waals surface area contributed by atoms with Gasteiger partial charge in [-0.2, -0.15) is 0 Å². The first kappa shape index (κ1) is 20.5. The van der Waals surface area contributed by atoms with Crippen molar-refractivity contribution in [2.24, 2.45) is 4.99 Å². The van der Waals surface area contributed by atoms with E-state index in [1.165, 1.54) is 5.52 Å². The molecule has 0 unspecified atom stereocenters. The van der Waals surface area contributed by atoms with Crippen molar-refractivity contribution in [3.8, 4) is 11.5 Å². The number of para-hydroxylation sites is 2. The molecule has 0 spiro atoms. The number of aromatic hydroxyl groups is 1. The van der Waals surface area contributed by atoms with Gasteiger partial charge in [-0.15, -0.1) is 0 Å². The van der Waals surface area contributed by atoms with E-state index in [-0.39, 0.29) is 5.75 Å². The first-order valence-corrected chi connectivity index (χ1v) is 9.92. The molecule has 0 saturated carbocycles. The van der Waals surface area contributed by atoms with Crippen LogP contribution in [0.5, 0.6) is 11.5 Å². The maximum absolute atomic E-state index is 10.0. The number of phenolic OH excluding ortho intramolecular Hbond substituents is 1. The average molecular weight is 396 g/mol. The number of benzene rings is 2. The molecule has 0 radical (unpaired) electrons. The van der Waals surface area contributed by atoms with Crippen LogP contribution in [0, 0.1) is 6.92 Å². The molecule has 0 aliphatic heterocycles. The Kier molecular flexibility index (Phi) is 6.94. The van der Waals surface area contributed by atoms with E-state index in [0.717, 1.165) is 48.9 Å². The van der Waals surface area contributed by atoms with Crippen molar-refractivity contribution in [3.05, 3.63) is 53.9 Å². The molecule has 29 heavy (non-hydrogen) atoms. The number of guanidine groups is 1. The Bertz CT molecular complexity index is 980. The highest BCUT2D eigenvalue weighted by atomic mass is 16.5. The van der Waals surface area contributed by atoms with Gasteiger partial charge in [0, 0.05) is 25.2 Å². The van der Waals surface area contributed by atoms with Gasteiger partial charge in [-0.25, -0.2) is 9.98 Å². The molecule has 1 aromatic heterocycles. The molecule has 0 aliphatic rings. The Labute approximate surface area is 171 Å². The number of ether oxygens (including phenoxy) is 1. The number of aryl methyl sites for hydroxylation is 2. The molecule has 3 aromatic rings. The lowest BCUT2D eigenvalue weighted by Gasteiger charge is -2.13. The molecule has 0 amide bonds. The van der Waals surface area contributed by atoms with Crippen molar-refractivity contribution in [1.82, 2.24) is 20.2 Å². The van der Waals surface area contributed by atoms with Crippen LogP contribution in [-0.4, -0.2) is 40.8 Å². The Hall–Kier alpha value is -3.22. The molecule has 0 atom stereocenters. The van der Waals surface area contributed by atoms with E-state index in [1.54, 1.807) is 25.3 Å². The zero-order valence-corrected chi connectivity index (χ0v) is 17.3. The second-order valence-electron chi connectivity index (χ2n) is 6.77. The van der Waals surface area contributed by atoms with Gasteiger partial charge in [0.1, 0.15) is 17.3 Å². The number of hydrogen-bond acceptors (Lipinski definition) is 4. The monoisotopic (exact) mass is 395 g/mol. The number of aromatic nitrogens is 2. The number of fused-ring (bicyclic) bond motifs is 1. The smallest absolute Gasteiger partial charge is 0.191 e. The predicted octanol–water partition coefficient (Wildman–Crippen LogP) is 3.20.